The van der Waals surface area contributed by atoms with E-state index in [0.29, 0.717) is 0 Å². The summed E-state index contributed by atoms with van der Waals surface area (Å²) in [5.41, 5.74) is 0.433. The smallest absolute Gasteiger partial charge is 0.285 e. The number of rotatable bonds is 2. The number of piperazine rings is 1. The first-order valence-corrected chi connectivity index (χ1v) is 7.22. The molecule has 2 heterocycles. The first kappa shape index (κ1) is 11.9. The summed E-state index contributed by atoms with van der Waals surface area (Å²) in [5.74, 6) is 0. The lowest BCUT2D eigenvalue weighted by molar-refractivity contribution is 0.297. The molecule has 86 valence electrons. The van der Waals surface area contributed by atoms with E-state index >= 15 is 0 Å². The number of aromatic amines is 1. The molecular formula is C9H14AlClN4O. The standard InChI is InChI=1S/C9H12ClN4O.Al.2H/c1-13-2-4-14(5-3-13)7-6-11-12-9(15)8(7)10;;;/h6H,1-5H2,(H,12,15);;;. The van der Waals surface area contributed by atoms with Crippen molar-refractivity contribution in [3.63, 3.8) is 0 Å². The maximum Gasteiger partial charge on any atom is 0.285 e. The van der Waals surface area contributed by atoms with Gasteiger partial charge in [0, 0.05) is 26.2 Å². The first-order valence-electron chi connectivity index (χ1n) is 5.43. The Hall–Kier alpha value is -0.538. The van der Waals surface area contributed by atoms with Crippen molar-refractivity contribution < 1.29 is 0 Å². The molecule has 1 fully saturated rings. The molecule has 0 saturated carbocycles. The Labute approximate surface area is 107 Å². The van der Waals surface area contributed by atoms with E-state index in [4.69, 9.17) is 11.6 Å². The van der Waals surface area contributed by atoms with Crippen molar-refractivity contribution in [2.75, 3.05) is 36.5 Å². The van der Waals surface area contributed by atoms with E-state index < -0.39 is 0 Å². The van der Waals surface area contributed by atoms with E-state index in [-0.39, 0.29) is 10.6 Å². The molecule has 2 rings (SSSR count). The highest BCUT2D eigenvalue weighted by Crippen LogP contribution is 2.21. The maximum absolute atomic E-state index is 11.3. The van der Waals surface area contributed by atoms with Crippen LogP contribution in [0.5, 0.6) is 0 Å². The molecule has 1 saturated heterocycles. The van der Waals surface area contributed by atoms with Crippen molar-refractivity contribution in [1.82, 2.24) is 15.1 Å². The van der Waals surface area contributed by atoms with Gasteiger partial charge in [0.15, 0.2) is 0 Å². The van der Waals surface area contributed by atoms with E-state index in [1.807, 2.05) is 0 Å². The fourth-order valence-corrected chi connectivity index (χ4v) is 2.74. The number of anilines is 1. The van der Waals surface area contributed by atoms with Gasteiger partial charge in [-0.2, -0.15) is 5.10 Å². The number of hydrogen-bond acceptors (Lipinski definition) is 4. The van der Waals surface area contributed by atoms with Crippen LogP contribution < -0.4 is 10.5 Å². The van der Waals surface area contributed by atoms with Crippen LogP contribution in [0.4, 0.5) is 5.69 Å². The number of nitrogens with zero attached hydrogens (tertiary/aromatic N) is 3. The third kappa shape index (κ3) is 2.41. The summed E-state index contributed by atoms with van der Waals surface area (Å²) in [5, 5.41) is 7.57. The highest BCUT2D eigenvalue weighted by atomic mass is 35.5. The number of H-pyrrole nitrogens is 1. The van der Waals surface area contributed by atoms with Crippen LogP contribution in [0.1, 0.15) is 0 Å². The van der Waals surface area contributed by atoms with Gasteiger partial charge in [0.05, 0.1) is 11.9 Å². The molecule has 1 aliphatic heterocycles. The third-order valence-corrected chi connectivity index (χ3v) is 4.20. The van der Waals surface area contributed by atoms with Gasteiger partial charge in [0.2, 0.25) is 16.3 Å². The fourth-order valence-electron chi connectivity index (χ4n) is 1.90. The molecule has 5 nitrogen and oxygen atoms in total. The van der Waals surface area contributed by atoms with Gasteiger partial charge in [-0.15, -0.1) is 0 Å². The summed E-state index contributed by atoms with van der Waals surface area (Å²) in [6.07, 6.45) is 1.63. The Morgan fingerprint density at radius 1 is 1.44 bits per heavy atom. The molecule has 1 aliphatic rings. The van der Waals surface area contributed by atoms with Crippen molar-refractivity contribution >= 4 is 33.6 Å². The summed E-state index contributed by atoms with van der Waals surface area (Å²) >= 11 is 7.17. The monoisotopic (exact) mass is 256 g/mol. The van der Waals surface area contributed by atoms with Gasteiger partial charge in [-0.1, -0.05) is 17.0 Å². The molecule has 0 aromatic carbocycles. The SMILES string of the molecule is O=c1[nH]ncc(N2CCN([CH2][AlH2])CC2)c1Cl. The van der Waals surface area contributed by atoms with Crippen molar-refractivity contribution in [2.45, 2.75) is 0 Å². The van der Waals surface area contributed by atoms with E-state index in [9.17, 15) is 4.79 Å². The fraction of sp³-hybridized carbons (Fsp3) is 0.556. The van der Waals surface area contributed by atoms with Crippen LogP contribution in [0, 0.1) is 0 Å². The van der Waals surface area contributed by atoms with Crippen LogP contribution in [-0.4, -0.2) is 63.0 Å². The third-order valence-electron chi connectivity index (χ3n) is 2.94. The van der Waals surface area contributed by atoms with E-state index in [2.05, 4.69) is 20.0 Å². The normalized spacial score (nSPS) is 17.7. The van der Waals surface area contributed by atoms with Gasteiger partial charge in [-0.25, -0.2) is 5.10 Å². The Kier molecular flexibility index (Phi) is 3.87. The Bertz CT molecular complexity index is 416. The van der Waals surface area contributed by atoms with Gasteiger partial charge in [0.25, 0.3) is 5.56 Å². The second kappa shape index (κ2) is 5.19. The molecule has 0 unspecified atom stereocenters. The molecule has 7 heteroatoms. The van der Waals surface area contributed by atoms with Gasteiger partial charge in [0.1, 0.15) is 5.02 Å². The van der Waals surface area contributed by atoms with Crippen LogP contribution in [0.3, 0.4) is 0 Å². The minimum Gasteiger partial charge on any atom is -0.366 e. The molecule has 0 amide bonds. The van der Waals surface area contributed by atoms with Crippen molar-refractivity contribution in [3.05, 3.63) is 21.6 Å². The predicted molar refractivity (Wildman–Crippen MR) is 67.1 cm³/mol. The lowest BCUT2D eigenvalue weighted by Crippen LogP contribution is -2.47. The summed E-state index contributed by atoms with van der Waals surface area (Å²) in [6, 6.07) is 0. The number of nitrogens with one attached hydrogen (secondary N) is 1. The highest BCUT2D eigenvalue weighted by molar-refractivity contribution is 6.33. The summed E-state index contributed by atoms with van der Waals surface area (Å²) in [7, 11) is 0. The molecule has 1 aromatic rings. The topological polar surface area (TPSA) is 52.2 Å². The van der Waals surface area contributed by atoms with Crippen LogP contribution in [0.15, 0.2) is 11.0 Å². The summed E-state index contributed by atoms with van der Waals surface area (Å²) in [4.78, 5) is 15.9. The van der Waals surface area contributed by atoms with E-state index in [1.54, 1.807) is 6.20 Å². The largest absolute Gasteiger partial charge is 0.366 e. The first-order chi connectivity index (χ1) is 7.72. The minimum absolute atomic E-state index is 0.245. The molecule has 0 aliphatic carbocycles. The molecule has 16 heavy (non-hydrogen) atoms. The lowest BCUT2D eigenvalue weighted by Gasteiger charge is -2.35. The van der Waals surface area contributed by atoms with Gasteiger partial charge in [-0.05, 0) is 0 Å². The quantitative estimate of drug-likeness (QED) is 0.700. The Morgan fingerprint density at radius 3 is 2.75 bits per heavy atom. The van der Waals surface area contributed by atoms with Crippen molar-refractivity contribution in [1.29, 1.82) is 0 Å². The second-order valence-electron chi connectivity index (χ2n) is 3.82. The number of halogens is 1. The Balaban J connectivity index is 2.14. The Morgan fingerprint density at radius 2 is 2.12 bits per heavy atom. The maximum atomic E-state index is 11.3. The van der Waals surface area contributed by atoms with Crippen LogP contribution in [0.25, 0.3) is 0 Å². The minimum atomic E-state index is -0.315. The second-order valence-corrected chi connectivity index (χ2v) is 4.83. The zero-order valence-electron chi connectivity index (χ0n) is 9.24. The van der Waals surface area contributed by atoms with Crippen LogP contribution in [-0.2, 0) is 0 Å². The molecule has 0 radical (unpaired) electrons. The molecular weight excluding hydrogens is 243 g/mol. The van der Waals surface area contributed by atoms with Crippen LogP contribution in [0.2, 0.25) is 5.02 Å². The lowest BCUT2D eigenvalue weighted by atomic mass is 10.3. The predicted octanol–water partition coefficient (Wildman–Crippen LogP) is -0.864. The average Bonchev–Trinajstić information content (AvgIpc) is 2.33. The van der Waals surface area contributed by atoms with Crippen molar-refractivity contribution in [3.8, 4) is 0 Å². The average molecular weight is 257 g/mol. The summed E-state index contributed by atoms with van der Waals surface area (Å²) < 4.78 is 0. The molecule has 0 bridgehead atoms. The molecule has 1 aromatic heterocycles. The van der Waals surface area contributed by atoms with Gasteiger partial charge >= 0.3 is 0 Å². The highest BCUT2D eigenvalue weighted by Gasteiger charge is 2.18. The van der Waals surface area contributed by atoms with Gasteiger partial charge in [-0.3, -0.25) is 4.79 Å². The number of hydrogen-bond donors (Lipinski definition) is 1. The molecule has 0 atom stereocenters. The van der Waals surface area contributed by atoms with E-state index in [1.165, 1.54) is 21.7 Å². The van der Waals surface area contributed by atoms with E-state index in [0.717, 1.165) is 31.9 Å². The zero-order valence-corrected chi connectivity index (χ0v) is 12.0. The number of aromatic nitrogens is 2. The molecule has 0 spiro atoms. The summed E-state index contributed by atoms with van der Waals surface area (Å²) in [6.45, 7) is 3.89. The zero-order chi connectivity index (χ0) is 11.5. The molecule has 1 N–H and O–H groups in total. The van der Waals surface area contributed by atoms with Gasteiger partial charge < -0.3 is 9.80 Å². The van der Waals surface area contributed by atoms with Crippen molar-refractivity contribution in [2.24, 2.45) is 0 Å². The van der Waals surface area contributed by atoms with Crippen LogP contribution >= 0.6 is 11.6 Å².